The molecule has 6 nitrogen and oxygen atoms in total. The smallest absolute Gasteiger partial charge is 0.320 e. The van der Waals surface area contributed by atoms with Gasteiger partial charge in [0.1, 0.15) is 4.83 Å². The highest BCUT2D eigenvalue weighted by Gasteiger charge is 2.14. The first-order chi connectivity index (χ1) is 8.54. The molecular formula is C11H13BrN2O4. The lowest BCUT2D eigenvalue weighted by Gasteiger charge is -2.09. The number of esters is 1. The third-order valence-corrected chi connectivity index (χ3v) is 2.93. The maximum atomic E-state index is 11.1. The number of nitrogens with zero attached hydrogens (tertiary/aromatic N) is 1. The summed E-state index contributed by atoms with van der Waals surface area (Å²) in [5, 5.41) is 13.6. The van der Waals surface area contributed by atoms with E-state index in [9.17, 15) is 14.9 Å². The first-order valence-corrected chi connectivity index (χ1v) is 6.12. The number of hydrogen-bond donors (Lipinski definition) is 1. The highest BCUT2D eigenvalue weighted by atomic mass is 79.9. The molecule has 18 heavy (non-hydrogen) atoms. The van der Waals surface area contributed by atoms with E-state index >= 15 is 0 Å². The molecule has 0 aliphatic carbocycles. The number of rotatable bonds is 6. The van der Waals surface area contributed by atoms with Crippen molar-refractivity contribution in [3.8, 4) is 0 Å². The van der Waals surface area contributed by atoms with Crippen LogP contribution in [0.3, 0.4) is 0 Å². The fraction of sp³-hybridized carbons (Fsp3) is 0.364. The van der Waals surface area contributed by atoms with Gasteiger partial charge in [0.2, 0.25) is 0 Å². The van der Waals surface area contributed by atoms with Crippen molar-refractivity contribution in [2.75, 3.05) is 13.7 Å². The summed E-state index contributed by atoms with van der Waals surface area (Å²) in [6.07, 6.45) is 0. The highest BCUT2D eigenvalue weighted by Crippen LogP contribution is 2.12. The van der Waals surface area contributed by atoms with Crippen molar-refractivity contribution in [1.29, 1.82) is 0 Å². The zero-order chi connectivity index (χ0) is 13.5. The number of halogens is 1. The molecule has 1 unspecified atom stereocenters. The molecule has 0 aromatic heterocycles. The van der Waals surface area contributed by atoms with E-state index in [4.69, 9.17) is 0 Å². The SMILES string of the molecule is COC(=O)C(Br)CNCc1cccc([N+](=O)[O-])c1. The minimum absolute atomic E-state index is 0.0534. The number of carbonyl (C=O) groups is 1. The fourth-order valence-electron chi connectivity index (χ4n) is 1.33. The lowest BCUT2D eigenvalue weighted by molar-refractivity contribution is -0.384. The summed E-state index contributed by atoms with van der Waals surface area (Å²) in [5.41, 5.74) is 0.839. The second-order valence-corrected chi connectivity index (χ2v) is 4.65. The minimum Gasteiger partial charge on any atom is -0.468 e. The van der Waals surface area contributed by atoms with Crippen molar-refractivity contribution in [2.24, 2.45) is 0 Å². The second kappa shape index (κ2) is 7.07. The third-order valence-electron chi connectivity index (χ3n) is 2.23. The monoisotopic (exact) mass is 316 g/mol. The highest BCUT2D eigenvalue weighted by molar-refractivity contribution is 9.10. The Morgan fingerprint density at radius 3 is 2.94 bits per heavy atom. The van der Waals surface area contributed by atoms with Crippen molar-refractivity contribution in [2.45, 2.75) is 11.4 Å². The molecule has 1 N–H and O–H groups in total. The first kappa shape index (κ1) is 14.6. The van der Waals surface area contributed by atoms with Crippen LogP contribution in [0.5, 0.6) is 0 Å². The summed E-state index contributed by atoms with van der Waals surface area (Å²) in [6, 6.07) is 6.34. The van der Waals surface area contributed by atoms with Gasteiger partial charge in [0.15, 0.2) is 0 Å². The van der Waals surface area contributed by atoms with Crippen LogP contribution in [0.15, 0.2) is 24.3 Å². The number of ether oxygens (including phenoxy) is 1. The first-order valence-electron chi connectivity index (χ1n) is 5.20. The van der Waals surface area contributed by atoms with E-state index < -0.39 is 9.75 Å². The normalized spacial score (nSPS) is 11.9. The van der Waals surface area contributed by atoms with Gasteiger partial charge >= 0.3 is 5.97 Å². The van der Waals surface area contributed by atoms with Crippen molar-refractivity contribution >= 4 is 27.6 Å². The Hall–Kier alpha value is -1.47. The molecule has 0 amide bonds. The number of hydrogen-bond acceptors (Lipinski definition) is 5. The Kier molecular flexibility index (Phi) is 5.73. The summed E-state index contributed by atoms with van der Waals surface area (Å²) in [6.45, 7) is 0.830. The van der Waals surface area contributed by atoms with Crippen LogP contribution in [0.25, 0.3) is 0 Å². The van der Waals surface area contributed by atoms with Gasteiger partial charge in [0.05, 0.1) is 12.0 Å². The third kappa shape index (κ3) is 4.42. The summed E-state index contributed by atoms with van der Waals surface area (Å²) in [4.78, 5) is 20.8. The zero-order valence-corrected chi connectivity index (χ0v) is 11.3. The predicted octanol–water partition coefficient (Wildman–Crippen LogP) is 1.62. The number of methoxy groups -OCH3 is 1. The molecule has 7 heteroatoms. The molecule has 0 bridgehead atoms. The van der Waals surface area contributed by atoms with Crippen LogP contribution in [0.2, 0.25) is 0 Å². The van der Waals surface area contributed by atoms with Crippen LogP contribution < -0.4 is 5.32 Å². The van der Waals surface area contributed by atoms with Crippen molar-refractivity contribution < 1.29 is 14.5 Å². The van der Waals surface area contributed by atoms with Crippen LogP contribution >= 0.6 is 15.9 Å². The van der Waals surface area contributed by atoms with Gasteiger partial charge in [-0.1, -0.05) is 28.1 Å². The number of nitro groups is 1. The number of non-ortho nitro benzene ring substituents is 1. The van der Waals surface area contributed by atoms with Crippen molar-refractivity contribution in [3.05, 3.63) is 39.9 Å². The Morgan fingerprint density at radius 2 is 2.33 bits per heavy atom. The molecule has 1 rings (SSSR count). The quantitative estimate of drug-likeness (QED) is 0.373. The lowest BCUT2D eigenvalue weighted by atomic mass is 10.2. The van der Waals surface area contributed by atoms with Crippen LogP contribution in [0.4, 0.5) is 5.69 Å². The van der Waals surface area contributed by atoms with Crippen LogP contribution in [-0.4, -0.2) is 29.4 Å². The molecule has 0 aliphatic heterocycles. The van der Waals surface area contributed by atoms with E-state index in [1.54, 1.807) is 12.1 Å². The van der Waals surface area contributed by atoms with Crippen LogP contribution in [0.1, 0.15) is 5.56 Å². The maximum absolute atomic E-state index is 11.1. The number of carbonyl (C=O) groups excluding carboxylic acids is 1. The number of alkyl halides is 1. The van der Waals surface area contributed by atoms with Crippen molar-refractivity contribution in [1.82, 2.24) is 5.32 Å². The van der Waals surface area contributed by atoms with Gasteiger partial charge < -0.3 is 10.1 Å². The number of nitro benzene ring substituents is 1. The van der Waals surface area contributed by atoms with E-state index in [0.717, 1.165) is 5.56 Å². The summed E-state index contributed by atoms with van der Waals surface area (Å²) >= 11 is 3.17. The van der Waals surface area contributed by atoms with Gasteiger partial charge in [0, 0.05) is 25.2 Å². The topological polar surface area (TPSA) is 81.5 Å². The average Bonchev–Trinajstić information content (AvgIpc) is 2.38. The minimum atomic E-state index is -0.439. The molecule has 98 valence electrons. The van der Waals surface area contributed by atoms with E-state index in [1.165, 1.54) is 19.2 Å². The molecule has 0 aliphatic rings. The van der Waals surface area contributed by atoms with E-state index in [1.807, 2.05) is 0 Å². The fourth-order valence-corrected chi connectivity index (χ4v) is 1.75. The molecule has 0 heterocycles. The Labute approximate surface area is 113 Å². The van der Waals surface area contributed by atoms with Gasteiger partial charge in [-0.05, 0) is 5.56 Å². The summed E-state index contributed by atoms with van der Waals surface area (Å²) in [7, 11) is 1.32. The largest absolute Gasteiger partial charge is 0.468 e. The van der Waals surface area contributed by atoms with Crippen LogP contribution in [-0.2, 0) is 16.1 Å². The zero-order valence-electron chi connectivity index (χ0n) is 9.76. The molecule has 0 saturated carbocycles. The molecule has 1 aromatic carbocycles. The van der Waals surface area contributed by atoms with Gasteiger partial charge in [0.25, 0.3) is 5.69 Å². The second-order valence-electron chi connectivity index (χ2n) is 3.55. The summed E-state index contributed by atoms with van der Waals surface area (Å²) in [5.74, 6) is -0.360. The average molecular weight is 317 g/mol. The maximum Gasteiger partial charge on any atom is 0.320 e. The lowest BCUT2D eigenvalue weighted by Crippen LogP contribution is -2.29. The van der Waals surface area contributed by atoms with Crippen molar-refractivity contribution in [3.63, 3.8) is 0 Å². The standard InChI is InChI=1S/C11H13BrN2O4/c1-18-11(15)10(12)7-13-6-8-3-2-4-9(5-8)14(16)17/h2-5,10,13H,6-7H2,1H3. The van der Waals surface area contributed by atoms with Gasteiger partial charge in [-0.15, -0.1) is 0 Å². The van der Waals surface area contributed by atoms with E-state index in [2.05, 4.69) is 26.0 Å². The Balaban J connectivity index is 2.46. The number of benzene rings is 1. The van der Waals surface area contributed by atoms with E-state index in [-0.39, 0.29) is 11.7 Å². The van der Waals surface area contributed by atoms with Gasteiger partial charge in [-0.25, -0.2) is 0 Å². The van der Waals surface area contributed by atoms with E-state index in [0.29, 0.717) is 13.1 Å². The van der Waals surface area contributed by atoms with Crippen LogP contribution in [0, 0.1) is 10.1 Å². The molecular weight excluding hydrogens is 304 g/mol. The Morgan fingerprint density at radius 1 is 1.61 bits per heavy atom. The van der Waals surface area contributed by atoms with Gasteiger partial charge in [-0.2, -0.15) is 0 Å². The van der Waals surface area contributed by atoms with Gasteiger partial charge in [-0.3, -0.25) is 14.9 Å². The molecule has 0 fully saturated rings. The molecule has 0 spiro atoms. The molecule has 0 saturated heterocycles. The molecule has 1 atom stereocenters. The summed E-state index contributed by atoms with van der Waals surface area (Å²) < 4.78 is 4.55. The molecule has 0 radical (unpaired) electrons. The number of nitrogens with one attached hydrogen (secondary N) is 1. The predicted molar refractivity (Wildman–Crippen MR) is 69.5 cm³/mol. The molecule has 1 aromatic rings. The Bertz CT molecular complexity index is 439.